The van der Waals surface area contributed by atoms with E-state index in [0.717, 1.165) is 0 Å². The molecule has 1 heterocycles. The second-order valence-corrected chi connectivity index (χ2v) is 4.30. The molecular weight excluding hydrogens is 284 g/mol. The molecule has 0 unspecified atom stereocenters. The minimum absolute atomic E-state index is 0.115. The van der Waals surface area contributed by atoms with Gasteiger partial charge in [0.15, 0.2) is 0 Å². The Hall–Kier alpha value is -2.12. The first-order chi connectivity index (χ1) is 9.56. The van der Waals surface area contributed by atoms with Crippen LogP contribution in [0.15, 0.2) is 16.7 Å². The smallest absolute Gasteiger partial charge is 0.240 e. The lowest BCUT2D eigenvalue weighted by Crippen LogP contribution is -2.09. The number of hydrogen-bond acceptors (Lipinski definition) is 6. The van der Waals surface area contributed by atoms with Crippen molar-refractivity contribution in [3.05, 3.63) is 23.0 Å². The fourth-order valence-electron chi connectivity index (χ4n) is 1.69. The fraction of sp³-hybridized carbons (Fsp3) is 0.250. The molecule has 2 rings (SSSR count). The van der Waals surface area contributed by atoms with Gasteiger partial charge in [0.1, 0.15) is 5.75 Å². The van der Waals surface area contributed by atoms with E-state index in [0.29, 0.717) is 22.0 Å². The summed E-state index contributed by atoms with van der Waals surface area (Å²) in [5.41, 5.74) is 6.24. The number of nitrogens with zero attached hydrogens (tertiary/aromatic N) is 2. The van der Waals surface area contributed by atoms with Gasteiger partial charge in [0, 0.05) is 6.92 Å². The minimum Gasteiger partial charge on any atom is -0.495 e. The molecule has 3 N–H and O–H groups in total. The van der Waals surface area contributed by atoms with Crippen molar-refractivity contribution in [1.29, 1.82) is 0 Å². The number of benzene rings is 1. The van der Waals surface area contributed by atoms with Crippen LogP contribution in [-0.2, 0) is 11.3 Å². The molecule has 20 heavy (non-hydrogen) atoms. The van der Waals surface area contributed by atoms with Gasteiger partial charge in [-0.1, -0.05) is 16.8 Å². The zero-order valence-electron chi connectivity index (χ0n) is 10.9. The summed E-state index contributed by atoms with van der Waals surface area (Å²) in [5, 5.41) is 6.82. The zero-order chi connectivity index (χ0) is 14.7. The maximum Gasteiger partial charge on any atom is 0.240 e. The Kier molecular flexibility index (Phi) is 4.21. The highest BCUT2D eigenvalue weighted by atomic mass is 35.5. The molecule has 0 spiro atoms. The predicted octanol–water partition coefficient (Wildman–Crippen LogP) is 1.82. The number of methoxy groups -OCH3 is 1. The first-order valence-electron chi connectivity index (χ1n) is 5.74. The van der Waals surface area contributed by atoms with Crippen LogP contribution in [0.4, 0.5) is 5.69 Å². The normalized spacial score (nSPS) is 10.4. The van der Waals surface area contributed by atoms with Crippen molar-refractivity contribution in [3.8, 4) is 17.1 Å². The summed E-state index contributed by atoms with van der Waals surface area (Å²) in [4.78, 5) is 15.5. The molecule has 0 fully saturated rings. The number of rotatable bonds is 4. The molecule has 0 radical (unpaired) electrons. The largest absolute Gasteiger partial charge is 0.495 e. The number of ether oxygens (including phenoxy) is 1. The lowest BCUT2D eigenvalue weighted by molar-refractivity contribution is -0.114. The molecule has 0 aliphatic carbocycles. The number of halogens is 1. The summed E-state index contributed by atoms with van der Waals surface area (Å²) in [6.45, 7) is 1.50. The maximum atomic E-state index is 11.3. The van der Waals surface area contributed by atoms with E-state index in [2.05, 4.69) is 15.5 Å². The number of carbonyl (C=O) groups is 1. The third kappa shape index (κ3) is 2.73. The molecule has 0 saturated heterocycles. The third-order valence-electron chi connectivity index (χ3n) is 2.50. The highest BCUT2D eigenvalue weighted by molar-refractivity contribution is 6.34. The maximum absolute atomic E-state index is 11.3. The van der Waals surface area contributed by atoms with E-state index < -0.39 is 0 Å². The SMILES string of the molecule is COc1ccc(Cl)c(-c2noc(CN)n2)c1NC(C)=O. The zero-order valence-corrected chi connectivity index (χ0v) is 11.7. The van der Waals surface area contributed by atoms with E-state index >= 15 is 0 Å². The topological polar surface area (TPSA) is 103 Å². The van der Waals surface area contributed by atoms with Crippen molar-refractivity contribution >= 4 is 23.2 Å². The van der Waals surface area contributed by atoms with Gasteiger partial charge in [-0.05, 0) is 12.1 Å². The van der Waals surface area contributed by atoms with Crippen LogP contribution in [0.3, 0.4) is 0 Å². The van der Waals surface area contributed by atoms with E-state index in [-0.39, 0.29) is 24.2 Å². The highest BCUT2D eigenvalue weighted by Crippen LogP contribution is 2.39. The Bertz CT molecular complexity index is 642. The van der Waals surface area contributed by atoms with Crippen molar-refractivity contribution < 1.29 is 14.1 Å². The van der Waals surface area contributed by atoms with Gasteiger partial charge < -0.3 is 20.3 Å². The second-order valence-electron chi connectivity index (χ2n) is 3.90. The average molecular weight is 297 g/mol. The molecule has 8 heteroatoms. The second kappa shape index (κ2) is 5.89. The van der Waals surface area contributed by atoms with Crippen LogP contribution in [0.5, 0.6) is 5.75 Å². The van der Waals surface area contributed by atoms with Crippen LogP contribution in [0.1, 0.15) is 12.8 Å². The van der Waals surface area contributed by atoms with Gasteiger partial charge in [0.2, 0.25) is 17.6 Å². The predicted molar refractivity (Wildman–Crippen MR) is 73.5 cm³/mol. The Labute approximate surface area is 120 Å². The van der Waals surface area contributed by atoms with Crippen molar-refractivity contribution in [2.75, 3.05) is 12.4 Å². The first kappa shape index (κ1) is 14.3. The molecule has 2 aromatic rings. The van der Waals surface area contributed by atoms with E-state index in [1.807, 2.05) is 0 Å². The quantitative estimate of drug-likeness (QED) is 0.892. The van der Waals surface area contributed by atoms with E-state index in [1.165, 1.54) is 14.0 Å². The van der Waals surface area contributed by atoms with E-state index in [4.69, 9.17) is 26.6 Å². The van der Waals surface area contributed by atoms with Crippen molar-refractivity contribution in [3.63, 3.8) is 0 Å². The Balaban J connectivity index is 2.62. The van der Waals surface area contributed by atoms with E-state index in [9.17, 15) is 4.79 Å². The Morgan fingerprint density at radius 1 is 1.55 bits per heavy atom. The molecule has 1 aromatic heterocycles. The first-order valence-corrected chi connectivity index (χ1v) is 6.11. The number of nitrogens with one attached hydrogen (secondary N) is 1. The molecule has 1 aromatic carbocycles. The highest BCUT2D eigenvalue weighted by Gasteiger charge is 2.20. The third-order valence-corrected chi connectivity index (χ3v) is 2.82. The summed E-state index contributed by atoms with van der Waals surface area (Å²) in [6, 6.07) is 3.26. The molecule has 106 valence electrons. The summed E-state index contributed by atoms with van der Waals surface area (Å²) < 4.78 is 10.2. The Morgan fingerprint density at radius 3 is 2.85 bits per heavy atom. The average Bonchev–Trinajstić information content (AvgIpc) is 2.87. The molecular formula is C12H13ClN4O3. The molecule has 1 amide bonds. The van der Waals surface area contributed by atoms with Gasteiger partial charge in [-0.2, -0.15) is 4.98 Å². The van der Waals surface area contributed by atoms with E-state index in [1.54, 1.807) is 12.1 Å². The number of aromatic nitrogens is 2. The van der Waals surface area contributed by atoms with Crippen LogP contribution in [0.2, 0.25) is 5.02 Å². The number of nitrogens with two attached hydrogens (primary N) is 1. The van der Waals surface area contributed by atoms with Crippen LogP contribution < -0.4 is 15.8 Å². The van der Waals surface area contributed by atoms with Gasteiger partial charge >= 0.3 is 0 Å². The molecule has 7 nitrogen and oxygen atoms in total. The van der Waals surface area contributed by atoms with Gasteiger partial charge in [0.05, 0.1) is 29.9 Å². The van der Waals surface area contributed by atoms with Gasteiger partial charge in [0.25, 0.3) is 0 Å². The number of anilines is 1. The molecule has 0 saturated carbocycles. The summed E-state index contributed by atoms with van der Waals surface area (Å²) >= 11 is 6.17. The van der Waals surface area contributed by atoms with Crippen LogP contribution in [-0.4, -0.2) is 23.2 Å². The summed E-state index contributed by atoms with van der Waals surface area (Å²) in [5.74, 6) is 0.679. The number of hydrogen-bond donors (Lipinski definition) is 2. The summed E-state index contributed by atoms with van der Waals surface area (Å²) in [7, 11) is 1.49. The van der Waals surface area contributed by atoms with Gasteiger partial charge in [-0.3, -0.25) is 4.79 Å². The van der Waals surface area contributed by atoms with Gasteiger partial charge in [-0.15, -0.1) is 0 Å². The minimum atomic E-state index is -0.269. The standard InChI is InChI=1S/C12H13ClN4O3/c1-6(18)15-11-8(19-2)4-3-7(13)10(11)12-16-9(5-14)20-17-12/h3-4H,5,14H2,1-2H3,(H,15,18). The van der Waals surface area contributed by atoms with Crippen LogP contribution >= 0.6 is 11.6 Å². The monoisotopic (exact) mass is 296 g/mol. The fourth-order valence-corrected chi connectivity index (χ4v) is 1.93. The molecule has 0 aliphatic rings. The molecule has 0 atom stereocenters. The summed E-state index contributed by atoms with van der Waals surface area (Å²) in [6.07, 6.45) is 0. The van der Waals surface area contributed by atoms with Crippen LogP contribution in [0, 0.1) is 0 Å². The lowest BCUT2D eigenvalue weighted by Gasteiger charge is -2.13. The van der Waals surface area contributed by atoms with Crippen molar-refractivity contribution in [2.24, 2.45) is 5.73 Å². The number of amides is 1. The number of carbonyl (C=O) groups excluding carboxylic acids is 1. The van der Waals surface area contributed by atoms with Crippen LogP contribution in [0.25, 0.3) is 11.4 Å². The molecule has 0 aliphatic heterocycles. The van der Waals surface area contributed by atoms with Gasteiger partial charge in [-0.25, -0.2) is 0 Å². The Morgan fingerprint density at radius 2 is 2.30 bits per heavy atom. The van der Waals surface area contributed by atoms with Crippen molar-refractivity contribution in [2.45, 2.75) is 13.5 Å². The lowest BCUT2D eigenvalue weighted by atomic mass is 10.1. The molecule has 0 bridgehead atoms. The van der Waals surface area contributed by atoms with Crippen molar-refractivity contribution in [1.82, 2.24) is 10.1 Å².